The SMILES string of the molecule is CN(C)C(C)(C)CN1CCC(CNC2CC2)C1. The Balaban J connectivity index is 1.69. The molecule has 1 heterocycles. The van der Waals surface area contributed by atoms with Crippen LogP contribution < -0.4 is 5.32 Å². The molecule has 17 heavy (non-hydrogen) atoms. The maximum atomic E-state index is 3.67. The number of rotatable bonds is 6. The molecule has 1 aliphatic carbocycles. The second-order valence-electron chi connectivity index (χ2n) is 6.78. The van der Waals surface area contributed by atoms with E-state index in [0.717, 1.165) is 12.0 Å². The van der Waals surface area contributed by atoms with E-state index in [1.165, 1.54) is 45.4 Å². The molecule has 0 aromatic rings. The summed E-state index contributed by atoms with van der Waals surface area (Å²) in [5.74, 6) is 0.883. The minimum absolute atomic E-state index is 0.290. The number of hydrogen-bond acceptors (Lipinski definition) is 3. The molecule has 1 saturated carbocycles. The number of nitrogens with one attached hydrogen (secondary N) is 1. The quantitative estimate of drug-likeness (QED) is 0.756. The summed E-state index contributed by atoms with van der Waals surface area (Å²) in [6.45, 7) is 9.68. The van der Waals surface area contributed by atoms with Gasteiger partial charge < -0.3 is 15.1 Å². The van der Waals surface area contributed by atoms with Gasteiger partial charge >= 0.3 is 0 Å². The molecule has 1 unspecified atom stereocenters. The van der Waals surface area contributed by atoms with Crippen molar-refractivity contribution < 1.29 is 0 Å². The van der Waals surface area contributed by atoms with E-state index in [0.29, 0.717) is 5.54 Å². The van der Waals surface area contributed by atoms with E-state index in [1.807, 2.05) is 0 Å². The van der Waals surface area contributed by atoms with E-state index in [9.17, 15) is 0 Å². The summed E-state index contributed by atoms with van der Waals surface area (Å²) >= 11 is 0. The van der Waals surface area contributed by atoms with Gasteiger partial charge in [-0.15, -0.1) is 0 Å². The summed E-state index contributed by atoms with van der Waals surface area (Å²) in [7, 11) is 4.37. The van der Waals surface area contributed by atoms with Crippen LogP contribution in [0.15, 0.2) is 0 Å². The van der Waals surface area contributed by atoms with Crippen molar-refractivity contribution in [3.05, 3.63) is 0 Å². The maximum Gasteiger partial charge on any atom is 0.0274 e. The molecule has 3 nitrogen and oxygen atoms in total. The summed E-state index contributed by atoms with van der Waals surface area (Å²) in [6, 6.07) is 0.863. The average Bonchev–Trinajstić information content (AvgIpc) is 2.97. The second kappa shape index (κ2) is 5.25. The summed E-state index contributed by atoms with van der Waals surface area (Å²) < 4.78 is 0. The van der Waals surface area contributed by atoms with E-state index in [2.05, 4.69) is 43.1 Å². The molecule has 0 amide bonds. The van der Waals surface area contributed by atoms with Gasteiger partial charge in [0.2, 0.25) is 0 Å². The summed E-state index contributed by atoms with van der Waals surface area (Å²) in [5, 5.41) is 3.67. The van der Waals surface area contributed by atoms with Crippen molar-refractivity contribution >= 4 is 0 Å². The van der Waals surface area contributed by atoms with Gasteiger partial charge in [-0.2, -0.15) is 0 Å². The molecule has 1 saturated heterocycles. The molecule has 0 aromatic heterocycles. The first-order chi connectivity index (χ1) is 7.97. The van der Waals surface area contributed by atoms with Crippen LogP contribution in [0, 0.1) is 5.92 Å². The first-order valence-corrected chi connectivity index (χ1v) is 7.10. The smallest absolute Gasteiger partial charge is 0.0274 e. The van der Waals surface area contributed by atoms with E-state index in [4.69, 9.17) is 0 Å². The van der Waals surface area contributed by atoms with Crippen molar-refractivity contribution in [2.75, 3.05) is 40.3 Å². The zero-order valence-electron chi connectivity index (χ0n) is 12.0. The van der Waals surface area contributed by atoms with Gasteiger partial charge in [-0.25, -0.2) is 0 Å². The molecule has 0 bridgehead atoms. The third kappa shape index (κ3) is 3.94. The van der Waals surface area contributed by atoms with Gasteiger partial charge in [-0.1, -0.05) is 0 Å². The fraction of sp³-hybridized carbons (Fsp3) is 1.00. The number of nitrogens with zero attached hydrogens (tertiary/aromatic N) is 2. The monoisotopic (exact) mass is 239 g/mol. The lowest BCUT2D eigenvalue weighted by Gasteiger charge is -2.36. The number of hydrogen-bond donors (Lipinski definition) is 1. The van der Waals surface area contributed by atoms with Gasteiger partial charge in [0.05, 0.1) is 0 Å². The Labute approximate surface area is 107 Å². The van der Waals surface area contributed by atoms with Crippen molar-refractivity contribution in [2.45, 2.75) is 44.7 Å². The van der Waals surface area contributed by atoms with Gasteiger partial charge in [-0.05, 0) is 66.2 Å². The van der Waals surface area contributed by atoms with Gasteiger partial charge in [0.15, 0.2) is 0 Å². The fourth-order valence-electron chi connectivity index (χ4n) is 2.53. The highest BCUT2D eigenvalue weighted by Gasteiger charge is 2.30. The molecule has 2 rings (SSSR count). The van der Waals surface area contributed by atoms with Gasteiger partial charge in [0, 0.05) is 24.7 Å². The van der Waals surface area contributed by atoms with Crippen LogP contribution in [0.4, 0.5) is 0 Å². The molecule has 1 atom stereocenters. The highest BCUT2D eigenvalue weighted by Crippen LogP contribution is 2.23. The minimum atomic E-state index is 0.290. The summed E-state index contributed by atoms with van der Waals surface area (Å²) in [4.78, 5) is 4.97. The first-order valence-electron chi connectivity index (χ1n) is 7.10. The molecule has 2 fully saturated rings. The summed E-state index contributed by atoms with van der Waals surface area (Å²) in [5.41, 5.74) is 0.290. The molecule has 0 aromatic carbocycles. The van der Waals surface area contributed by atoms with Gasteiger partial charge in [0.1, 0.15) is 0 Å². The van der Waals surface area contributed by atoms with Crippen molar-refractivity contribution in [1.82, 2.24) is 15.1 Å². The van der Waals surface area contributed by atoms with Crippen LogP contribution in [0.1, 0.15) is 33.1 Å². The van der Waals surface area contributed by atoms with Crippen LogP contribution in [-0.2, 0) is 0 Å². The largest absolute Gasteiger partial charge is 0.314 e. The van der Waals surface area contributed by atoms with Gasteiger partial charge in [-0.3, -0.25) is 0 Å². The predicted molar refractivity (Wildman–Crippen MR) is 73.3 cm³/mol. The van der Waals surface area contributed by atoms with Crippen molar-refractivity contribution in [3.8, 4) is 0 Å². The van der Waals surface area contributed by atoms with E-state index < -0.39 is 0 Å². The lowest BCUT2D eigenvalue weighted by atomic mass is 10.0. The lowest BCUT2D eigenvalue weighted by Crippen LogP contribution is -2.47. The second-order valence-corrected chi connectivity index (χ2v) is 6.78. The Bertz CT molecular complexity index is 246. The Hall–Kier alpha value is -0.120. The zero-order chi connectivity index (χ0) is 12.5. The molecule has 1 aliphatic heterocycles. The molecule has 3 heteroatoms. The molecular formula is C14H29N3. The zero-order valence-corrected chi connectivity index (χ0v) is 12.0. The Morgan fingerprint density at radius 3 is 2.53 bits per heavy atom. The van der Waals surface area contributed by atoms with E-state index >= 15 is 0 Å². The van der Waals surface area contributed by atoms with Crippen LogP contribution in [-0.4, -0.2) is 61.7 Å². The topological polar surface area (TPSA) is 18.5 Å². The highest BCUT2D eigenvalue weighted by atomic mass is 15.2. The Kier molecular flexibility index (Phi) is 4.11. The Morgan fingerprint density at radius 2 is 1.94 bits per heavy atom. The fourth-order valence-corrected chi connectivity index (χ4v) is 2.53. The molecular weight excluding hydrogens is 210 g/mol. The van der Waals surface area contributed by atoms with Crippen molar-refractivity contribution in [2.24, 2.45) is 5.92 Å². The van der Waals surface area contributed by atoms with Crippen LogP contribution in [0.5, 0.6) is 0 Å². The van der Waals surface area contributed by atoms with E-state index in [1.54, 1.807) is 0 Å². The standard InChI is InChI=1S/C14H29N3/c1-14(2,16(3)4)11-17-8-7-12(10-17)9-15-13-5-6-13/h12-13,15H,5-11H2,1-4H3. The Morgan fingerprint density at radius 1 is 1.24 bits per heavy atom. The third-order valence-electron chi connectivity index (χ3n) is 4.46. The molecule has 1 N–H and O–H groups in total. The molecule has 2 aliphatic rings. The number of likely N-dealkylation sites (N-methyl/N-ethyl adjacent to an activating group) is 1. The molecule has 100 valence electrons. The highest BCUT2D eigenvalue weighted by molar-refractivity contribution is 4.88. The van der Waals surface area contributed by atoms with Crippen LogP contribution >= 0.6 is 0 Å². The van der Waals surface area contributed by atoms with Crippen LogP contribution in [0.3, 0.4) is 0 Å². The third-order valence-corrected chi connectivity index (χ3v) is 4.46. The van der Waals surface area contributed by atoms with Crippen molar-refractivity contribution in [1.29, 1.82) is 0 Å². The molecule has 0 radical (unpaired) electrons. The predicted octanol–water partition coefficient (Wildman–Crippen LogP) is 1.40. The van der Waals surface area contributed by atoms with Crippen LogP contribution in [0.25, 0.3) is 0 Å². The minimum Gasteiger partial charge on any atom is -0.314 e. The molecule has 0 spiro atoms. The van der Waals surface area contributed by atoms with Gasteiger partial charge in [0.25, 0.3) is 0 Å². The normalized spacial score (nSPS) is 27.0. The lowest BCUT2D eigenvalue weighted by molar-refractivity contribution is 0.131. The van der Waals surface area contributed by atoms with Crippen LogP contribution in [0.2, 0.25) is 0 Å². The van der Waals surface area contributed by atoms with Crippen molar-refractivity contribution in [3.63, 3.8) is 0 Å². The summed E-state index contributed by atoms with van der Waals surface area (Å²) in [6.07, 6.45) is 4.19. The number of likely N-dealkylation sites (tertiary alicyclic amines) is 1. The maximum absolute atomic E-state index is 3.67. The average molecular weight is 239 g/mol. The van der Waals surface area contributed by atoms with E-state index in [-0.39, 0.29) is 0 Å². The first kappa shape index (κ1) is 13.3.